The summed E-state index contributed by atoms with van der Waals surface area (Å²) in [5.41, 5.74) is 4.70. The Labute approximate surface area is 206 Å². The fourth-order valence-electron chi connectivity index (χ4n) is 5.47. The van der Waals surface area contributed by atoms with E-state index in [1.54, 1.807) is 0 Å². The summed E-state index contributed by atoms with van der Waals surface area (Å²) in [5.74, 6) is -1.08. The van der Waals surface area contributed by atoms with Crippen molar-refractivity contribution >= 4 is 18.0 Å². The molecule has 0 radical (unpaired) electrons. The number of hydrogen-bond acceptors (Lipinski definition) is 4. The number of alkyl carbamates (subject to hydrolysis) is 1. The zero-order valence-electron chi connectivity index (χ0n) is 20.2. The van der Waals surface area contributed by atoms with Crippen molar-refractivity contribution < 1.29 is 24.2 Å². The molecule has 0 saturated heterocycles. The maximum absolute atomic E-state index is 12.8. The second-order valence-electron chi connectivity index (χ2n) is 9.60. The molecule has 0 bridgehead atoms. The molecule has 0 aromatic heterocycles. The summed E-state index contributed by atoms with van der Waals surface area (Å²) in [7, 11) is 0. The summed E-state index contributed by atoms with van der Waals surface area (Å²) in [6.45, 7) is 2.11. The largest absolute Gasteiger partial charge is 0.481 e. The molecule has 7 heteroatoms. The highest BCUT2D eigenvalue weighted by Crippen LogP contribution is 2.44. The predicted octanol–water partition coefficient (Wildman–Crippen LogP) is 4.84. The first-order valence-corrected chi connectivity index (χ1v) is 12.6. The third-order valence-corrected chi connectivity index (χ3v) is 7.28. The van der Waals surface area contributed by atoms with Crippen LogP contribution in [0.15, 0.2) is 48.5 Å². The molecule has 7 nitrogen and oxygen atoms in total. The highest BCUT2D eigenvalue weighted by Gasteiger charge is 2.32. The normalized spacial score (nSPS) is 19.8. The summed E-state index contributed by atoms with van der Waals surface area (Å²) in [5, 5.41) is 14.9. The molecule has 4 rings (SSSR count). The number of benzene rings is 2. The number of amides is 2. The molecule has 2 aliphatic rings. The van der Waals surface area contributed by atoms with Gasteiger partial charge in [0.05, 0.1) is 6.42 Å². The van der Waals surface area contributed by atoms with Crippen molar-refractivity contribution in [3.05, 3.63) is 59.7 Å². The lowest BCUT2D eigenvalue weighted by Gasteiger charge is -2.32. The van der Waals surface area contributed by atoms with Gasteiger partial charge in [0.25, 0.3) is 0 Å². The number of fused-ring (bicyclic) bond motifs is 3. The van der Waals surface area contributed by atoms with Crippen molar-refractivity contribution in [3.63, 3.8) is 0 Å². The number of aliphatic carboxylic acids is 1. The van der Waals surface area contributed by atoms with Gasteiger partial charge in [0.2, 0.25) is 5.91 Å². The summed E-state index contributed by atoms with van der Waals surface area (Å²) in [4.78, 5) is 36.3. The van der Waals surface area contributed by atoms with Crippen LogP contribution < -0.4 is 10.6 Å². The molecule has 0 aliphatic heterocycles. The van der Waals surface area contributed by atoms with Gasteiger partial charge in [-0.1, -0.05) is 68.3 Å². The Bertz CT molecular complexity index is 1020. The van der Waals surface area contributed by atoms with Gasteiger partial charge in [-0.25, -0.2) is 4.79 Å². The van der Waals surface area contributed by atoms with Gasteiger partial charge in [0.15, 0.2) is 0 Å². The van der Waals surface area contributed by atoms with Gasteiger partial charge in [-0.05, 0) is 47.4 Å². The highest BCUT2D eigenvalue weighted by molar-refractivity contribution is 5.79. The van der Waals surface area contributed by atoms with Crippen LogP contribution >= 0.6 is 0 Å². The molecule has 3 atom stereocenters. The van der Waals surface area contributed by atoms with E-state index in [2.05, 4.69) is 34.9 Å². The fourth-order valence-corrected chi connectivity index (χ4v) is 5.47. The van der Waals surface area contributed by atoms with Crippen molar-refractivity contribution in [3.8, 4) is 11.1 Å². The monoisotopic (exact) mass is 478 g/mol. The van der Waals surface area contributed by atoms with Crippen LogP contribution in [0.1, 0.15) is 68.9 Å². The molecule has 3 N–H and O–H groups in total. The molecule has 0 heterocycles. The van der Waals surface area contributed by atoms with Crippen molar-refractivity contribution in [1.29, 1.82) is 0 Å². The first kappa shape index (κ1) is 24.8. The molecule has 0 unspecified atom stereocenters. The van der Waals surface area contributed by atoms with Crippen LogP contribution in [0.2, 0.25) is 0 Å². The van der Waals surface area contributed by atoms with Crippen LogP contribution in [-0.4, -0.2) is 41.8 Å². The SMILES string of the molecule is CC[C@H](CC(=O)O)NC(=O)C[C@H]1CCCC[C@H]1NC(=O)OCC1c2ccccc2-c2ccccc21. The van der Waals surface area contributed by atoms with Crippen LogP contribution in [0.3, 0.4) is 0 Å². The number of ether oxygens (including phenoxy) is 1. The molecule has 2 aliphatic carbocycles. The Hall–Kier alpha value is -3.35. The Balaban J connectivity index is 1.33. The van der Waals surface area contributed by atoms with E-state index in [9.17, 15) is 14.4 Å². The number of nitrogens with one attached hydrogen (secondary N) is 2. The smallest absolute Gasteiger partial charge is 0.407 e. The van der Waals surface area contributed by atoms with Gasteiger partial charge in [-0.15, -0.1) is 0 Å². The average molecular weight is 479 g/mol. The van der Waals surface area contributed by atoms with E-state index in [0.717, 1.165) is 25.7 Å². The molecule has 35 heavy (non-hydrogen) atoms. The maximum atomic E-state index is 12.8. The van der Waals surface area contributed by atoms with Crippen molar-refractivity contribution in [2.24, 2.45) is 5.92 Å². The van der Waals surface area contributed by atoms with E-state index in [0.29, 0.717) is 6.42 Å². The van der Waals surface area contributed by atoms with Crippen molar-refractivity contribution in [1.82, 2.24) is 10.6 Å². The van der Waals surface area contributed by atoms with Crippen LogP contribution in [-0.2, 0) is 14.3 Å². The zero-order valence-corrected chi connectivity index (χ0v) is 20.2. The number of carboxylic acid groups (broad SMARTS) is 1. The van der Waals surface area contributed by atoms with E-state index in [1.165, 1.54) is 22.3 Å². The first-order valence-electron chi connectivity index (χ1n) is 12.6. The topological polar surface area (TPSA) is 105 Å². The third kappa shape index (κ3) is 6.02. The van der Waals surface area contributed by atoms with E-state index in [1.807, 2.05) is 31.2 Å². The molecule has 0 spiro atoms. The van der Waals surface area contributed by atoms with E-state index in [4.69, 9.17) is 9.84 Å². The van der Waals surface area contributed by atoms with Gasteiger partial charge < -0.3 is 20.5 Å². The summed E-state index contributed by atoms with van der Waals surface area (Å²) in [6.07, 6.45) is 3.92. The van der Waals surface area contributed by atoms with Gasteiger partial charge in [-0.3, -0.25) is 9.59 Å². The van der Waals surface area contributed by atoms with Gasteiger partial charge in [-0.2, -0.15) is 0 Å². The average Bonchev–Trinajstić information content (AvgIpc) is 3.17. The Morgan fingerprint density at radius 3 is 2.26 bits per heavy atom. The first-order chi connectivity index (χ1) is 17.0. The van der Waals surface area contributed by atoms with Crippen LogP contribution in [0, 0.1) is 5.92 Å². The van der Waals surface area contributed by atoms with E-state index < -0.39 is 12.1 Å². The highest BCUT2D eigenvalue weighted by atomic mass is 16.5. The second-order valence-corrected chi connectivity index (χ2v) is 9.60. The lowest BCUT2D eigenvalue weighted by molar-refractivity contribution is -0.137. The molecule has 1 saturated carbocycles. The molecule has 1 fully saturated rings. The fraction of sp³-hybridized carbons (Fsp3) is 0.464. The molecule has 186 valence electrons. The van der Waals surface area contributed by atoms with E-state index in [-0.39, 0.29) is 49.3 Å². The van der Waals surface area contributed by atoms with Crippen LogP contribution in [0.5, 0.6) is 0 Å². The predicted molar refractivity (Wildman–Crippen MR) is 133 cm³/mol. The minimum Gasteiger partial charge on any atom is -0.481 e. The number of hydrogen-bond donors (Lipinski definition) is 3. The minimum atomic E-state index is -0.926. The Morgan fingerprint density at radius 2 is 1.63 bits per heavy atom. The summed E-state index contributed by atoms with van der Waals surface area (Å²) < 4.78 is 5.71. The lowest BCUT2D eigenvalue weighted by atomic mass is 9.82. The lowest BCUT2D eigenvalue weighted by Crippen LogP contribution is -2.45. The number of carbonyl (C=O) groups is 3. The Morgan fingerprint density at radius 1 is 1.00 bits per heavy atom. The number of carboxylic acids is 1. The van der Waals surface area contributed by atoms with Crippen LogP contribution in [0.4, 0.5) is 4.79 Å². The van der Waals surface area contributed by atoms with Crippen LogP contribution in [0.25, 0.3) is 11.1 Å². The molecule has 2 aromatic carbocycles. The zero-order chi connectivity index (χ0) is 24.8. The summed E-state index contributed by atoms with van der Waals surface area (Å²) >= 11 is 0. The van der Waals surface area contributed by atoms with E-state index >= 15 is 0 Å². The quantitative estimate of drug-likeness (QED) is 0.478. The Kier molecular flexibility index (Phi) is 8.06. The standard InChI is InChI=1S/C28H34N2O5/c1-2-19(16-27(32)33)29-26(31)15-18-9-3-8-14-25(18)30-28(34)35-17-24-22-12-6-4-10-20(22)21-11-5-7-13-23(21)24/h4-7,10-13,18-19,24-25H,2-3,8-9,14-17H2,1H3,(H,29,31)(H,30,34)(H,32,33)/t18-,19-,25-/m1/s1. The molecule has 2 amide bonds. The van der Waals surface area contributed by atoms with Crippen molar-refractivity contribution in [2.75, 3.05) is 6.61 Å². The maximum Gasteiger partial charge on any atom is 0.407 e. The molecular weight excluding hydrogens is 444 g/mol. The second kappa shape index (κ2) is 11.4. The van der Waals surface area contributed by atoms with Crippen molar-refractivity contribution in [2.45, 2.75) is 69.9 Å². The third-order valence-electron chi connectivity index (χ3n) is 7.28. The van der Waals surface area contributed by atoms with Gasteiger partial charge >= 0.3 is 12.1 Å². The molecule has 2 aromatic rings. The van der Waals surface area contributed by atoms with Gasteiger partial charge in [0.1, 0.15) is 6.61 Å². The summed E-state index contributed by atoms with van der Waals surface area (Å²) in [6, 6.07) is 15.9. The number of carbonyl (C=O) groups excluding carboxylic acids is 2. The van der Waals surface area contributed by atoms with Gasteiger partial charge in [0, 0.05) is 24.4 Å². The minimum absolute atomic E-state index is 0.00120. The molecular formula is C28H34N2O5. The number of rotatable bonds is 9.